The molecule has 0 aromatic heterocycles. The zero-order valence-corrected chi connectivity index (χ0v) is 8.67. The summed E-state index contributed by atoms with van der Waals surface area (Å²) in [7, 11) is -3.03. The molecule has 0 aromatic rings. The van der Waals surface area contributed by atoms with Crippen molar-refractivity contribution < 1.29 is 13.2 Å². The Bertz CT molecular complexity index is 369. The molecule has 78 valence electrons. The van der Waals surface area contributed by atoms with Crippen LogP contribution in [0.4, 0.5) is 0 Å². The van der Waals surface area contributed by atoms with Gasteiger partial charge in [-0.15, -0.1) is 0 Å². The van der Waals surface area contributed by atoms with Gasteiger partial charge in [-0.1, -0.05) is 0 Å². The summed E-state index contributed by atoms with van der Waals surface area (Å²) < 4.78 is 22.1. The van der Waals surface area contributed by atoms with Gasteiger partial charge in [0.2, 0.25) is 5.91 Å². The van der Waals surface area contributed by atoms with E-state index >= 15 is 0 Å². The number of hydrogen-bond acceptors (Lipinski definition) is 4. The fraction of sp³-hybridized carbons (Fsp3) is 0.750. The summed E-state index contributed by atoms with van der Waals surface area (Å²) in [6.07, 6.45) is 0.367. The molecule has 0 saturated carbocycles. The highest BCUT2D eigenvalue weighted by Gasteiger charge is 2.33. The summed E-state index contributed by atoms with van der Waals surface area (Å²) in [5, 5.41) is 10.9. The third kappa shape index (κ3) is 2.70. The Morgan fingerprint density at radius 1 is 1.64 bits per heavy atom. The van der Waals surface area contributed by atoms with Gasteiger partial charge < -0.3 is 5.32 Å². The SMILES string of the molecule is CC(C#N)NC(=O)C1CCS(=O)(=O)C1. The van der Waals surface area contributed by atoms with Gasteiger partial charge in [-0.3, -0.25) is 4.79 Å². The highest BCUT2D eigenvalue weighted by atomic mass is 32.2. The molecule has 1 amide bonds. The second-order valence-electron chi connectivity index (χ2n) is 3.46. The van der Waals surface area contributed by atoms with Crippen LogP contribution in [0.15, 0.2) is 0 Å². The maximum atomic E-state index is 11.4. The van der Waals surface area contributed by atoms with Crippen LogP contribution in [-0.4, -0.2) is 31.9 Å². The summed E-state index contributed by atoms with van der Waals surface area (Å²) in [5.74, 6) is -0.820. The van der Waals surface area contributed by atoms with Crippen LogP contribution in [0.5, 0.6) is 0 Å². The smallest absolute Gasteiger partial charge is 0.225 e. The van der Waals surface area contributed by atoms with Gasteiger partial charge in [-0.25, -0.2) is 8.42 Å². The van der Waals surface area contributed by atoms with Crippen LogP contribution in [0, 0.1) is 17.2 Å². The number of nitrogens with one attached hydrogen (secondary N) is 1. The topological polar surface area (TPSA) is 87.0 Å². The van der Waals surface area contributed by atoms with E-state index in [0.29, 0.717) is 6.42 Å². The van der Waals surface area contributed by atoms with E-state index in [9.17, 15) is 13.2 Å². The lowest BCUT2D eigenvalue weighted by Gasteiger charge is -2.10. The number of carbonyl (C=O) groups excluding carboxylic acids is 1. The molecule has 0 aliphatic carbocycles. The van der Waals surface area contributed by atoms with E-state index in [-0.39, 0.29) is 17.4 Å². The summed E-state index contributed by atoms with van der Waals surface area (Å²) >= 11 is 0. The van der Waals surface area contributed by atoms with Crippen molar-refractivity contribution in [1.82, 2.24) is 5.32 Å². The van der Waals surface area contributed by atoms with Crippen molar-refractivity contribution in [2.45, 2.75) is 19.4 Å². The molecule has 1 rings (SSSR count). The number of nitrogens with zero attached hydrogens (tertiary/aromatic N) is 1. The number of sulfone groups is 1. The van der Waals surface area contributed by atoms with Gasteiger partial charge in [-0.2, -0.15) is 5.26 Å². The van der Waals surface area contributed by atoms with Gasteiger partial charge in [-0.05, 0) is 13.3 Å². The summed E-state index contributed by atoms with van der Waals surface area (Å²) in [5.41, 5.74) is 0. The predicted molar refractivity (Wildman–Crippen MR) is 50.0 cm³/mol. The molecule has 0 radical (unpaired) electrons. The molecule has 2 atom stereocenters. The molecule has 1 fully saturated rings. The molecule has 0 aromatic carbocycles. The number of rotatable bonds is 2. The van der Waals surface area contributed by atoms with Crippen molar-refractivity contribution in [2.24, 2.45) is 5.92 Å². The highest BCUT2D eigenvalue weighted by molar-refractivity contribution is 7.91. The number of nitriles is 1. The standard InChI is InChI=1S/C8H12N2O3S/c1-6(4-9)10-8(11)7-2-3-14(12,13)5-7/h6-7H,2-3,5H2,1H3,(H,10,11). The first-order chi connectivity index (χ1) is 6.44. The molecule has 1 aliphatic rings. The minimum atomic E-state index is -3.03. The normalized spacial score (nSPS) is 26.4. The zero-order chi connectivity index (χ0) is 10.8. The largest absolute Gasteiger partial charge is 0.340 e. The van der Waals surface area contributed by atoms with Crippen molar-refractivity contribution in [3.63, 3.8) is 0 Å². The molecule has 1 saturated heterocycles. The molecule has 0 bridgehead atoms. The van der Waals surface area contributed by atoms with E-state index in [4.69, 9.17) is 5.26 Å². The lowest BCUT2D eigenvalue weighted by Crippen LogP contribution is -2.36. The maximum Gasteiger partial charge on any atom is 0.225 e. The van der Waals surface area contributed by atoms with Gasteiger partial charge >= 0.3 is 0 Å². The summed E-state index contributed by atoms with van der Waals surface area (Å²) in [6, 6.07) is 1.29. The quantitative estimate of drug-likeness (QED) is 0.671. The van der Waals surface area contributed by atoms with Crippen LogP contribution < -0.4 is 5.32 Å². The molecular formula is C8H12N2O3S. The van der Waals surface area contributed by atoms with E-state index in [1.807, 2.05) is 6.07 Å². The fourth-order valence-electron chi connectivity index (χ4n) is 1.37. The van der Waals surface area contributed by atoms with Crippen molar-refractivity contribution >= 4 is 15.7 Å². The second kappa shape index (κ2) is 3.96. The minimum Gasteiger partial charge on any atom is -0.340 e. The van der Waals surface area contributed by atoms with E-state index in [1.165, 1.54) is 0 Å². The average molecular weight is 216 g/mol. The third-order valence-electron chi connectivity index (χ3n) is 2.16. The Morgan fingerprint density at radius 2 is 2.29 bits per heavy atom. The second-order valence-corrected chi connectivity index (χ2v) is 5.69. The third-order valence-corrected chi connectivity index (χ3v) is 3.92. The first-order valence-electron chi connectivity index (χ1n) is 4.35. The molecule has 6 heteroatoms. The fourth-order valence-corrected chi connectivity index (χ4v) is 3.11. The predicted octanol–water partition coefficient (Wildman–Crippen LogP) is -0.551. The first kappa shape index (κ1) is 11.0. The van der Waals surface area contributed by atoms with Crippen molar-refractivity contribution in [3.8, 4) is 6.07 Å². The molecule has 0 spiro atoms. The molecule has 2 unspecified atom stereocenters. The molecule has 1 heterocycles. The van der Waals surface area contributed by atoms with E-state index in [1.54, 1.807) is 6.92 Å². The van der Waals surface area contributed by atoms with Gasteiger partial charge in [0.1, 0.15) is 6.04 Å². The van der Waals surface area contributed by atoms with E-state index < -0.39 is 21.8 Å². The maximum absolute atomic E-state index is 11.4. The molecule has 14 heavy (non-hydrogen) atoms. The lowest BCUT2D eigenvalue weighted by atomic mass is 10.1. The van der Waals surface area contributed by atoms with E-state index in [0.717, 1.165) is 0 Å². The van der Waals surface area contributed by atoms with Crippen molar-refractivity contribution in [3.05, 3.63) is 0 Å². The molecule has 5 nitrogen and oxygen atoms in total. The first-order valence-corrected chi connectivity index (χ1v) is 6.17. The Morgan fingerprint density at radius 3 is 2.71 bits per heavy atom. The van der Waals surface area contributed by atoms with E-state index in [2.05, 4.69) is 5.32 Å². The number of carbonyl (C=O) groups is 1. The Hall–Kier alpha value is -1.09. The van der Waals surface area contributed by atoms with Crippen LogP contribution in [0.25, 0.3) is 0 Å². The summed E-state index contributed by atoms with van der Waals surface area (Å²) in [6.45, 7) is 1.56. The van der Waals surface area contributed by atoms with Crippen LogP contribution in [0.3, 0.4) is 0 Å². The van der Waals surface area contributed by atoms with Gasteiger partial charge in [0.05, 0.1) is 23.5 Å². The van der Waals surface area contributed by atoms with Crippen LogP contribution in [-0.2, 0) is 14.6 Å². The minimum absolute atomic E-state index is 0.0754. The zero-order valence-electron chi connectivity index (χ0n) is 7.86. The van der Waals surface area contributed by atoms with Crippen molar-refractivity contribution in [2.75, 3.05) is 11.5 Å². The molecule has 1 aliphatic heterocycles. The molecule has 1 N–H and O–H groups in total. The van der Waals surface area contributed by atoms with Crippen LogP contribution in [0.2, 0.25) is 0 Å². The van der Waals surface area contributed by atoms with Crippen LogP contribution in [0.1, 0.15) is 13.3 Å². The number of amides is 1. The highest BCUT2D eigenvalue weighted by Crippen LogP contribution is 2.18. The van der Waals surface area contributed by atoms with Crippen LogP contribution >= 0.6 is 0 Å². The average Bonchev–Trinajstić information content (AvgIpc) is 2.46. The summed E-state index contributed by atoms with van der Waals surface area (Å²) in [4.78, 5) is 11.4. The Kier molecular flexibility index (Phi) is 3.11. The lowest BCUT2D eigenvalue weighted by molar-refractivity contribution is -0.124. The van der Waals surface area contributed by atoms with Crippen molar-refractivity contribution in [1.29, 1.82) is 5.26 Å². The van der Waals surface area contributed by atoms with Gasteiger partial charge in [0, 0.05) is 0 Å². The monoisotopic (exact) mass is 216 g/mol. The van der Waals surface area contributed by atoms with Gasteiger partial charge in [0.15, 0.2) is 9.84 Å². The molecular weight excluding hydrogens is 204 g/mol. The Balaban J connectivity index is 2.53. The Labute approximate surface area is 83.0 Å². The number of hydrogen-bond donors (Lipinski definition) is 1. The van der Waals surface area contributed by atoms with Gasteiger partial charge in [0.25, 0.3) is 0 Å².